The predicted molar refractivity (Wildman–Crippen MR) is 80.3 cm³/mol. The van der Waals surface area contributed by atoms with E-state index in [-0.39, 0.29) is 5.82 Å². The van der Waals surface area contributed by atoms with E-state index in [1.165, 1.54) is 23.3 Å². The minimum Gasteiger partial charge on any atom is -0.341 e. The molecule has 0 unspecified atom stereocenters. The Bertz CT molecular complexity index is 794. The Hall–Kier alpha value is -2.20. The second-order valence-electron chi connectivity index (χ2n) is 5.57. The number of benzene rings is 2. The molecule has 0 saturated carbocycles. The van der Waals surface area contributed by atoms with E-state index in [0.717, 1.165) is 42.9 Å². The number of H-pyrrole nitrogens is 1. The first-order chi connectivity index (χ1) is 10.3. The van der Waals surface area contributed by atoms with Gasteiger partial charge in [0.2, 0.25) is 0 Å². The highest BCUT2D eigenvalue weighted by atomic mass is 19.1. The van der Waals surface area contributed by atoms with Gasteiger partial charge in [0.05, 0.1) is 17.6 Å². The van der Waals surface area contributed by atoms with Crippen LogP contribution in [0.3, 0.4) is 0 Å². The Morgan fingerprint density at radius 3 is 2.90 bits per heavy atom. The topological polar surface area (TPSA) is 31.9 Å². The van der Waals surface area contributed by atoms with E-state index in [9.17, 15) is 4.39 Å². The molecule has 4 heteroatoms. The molecule has 0 radical (unpaired) electrons. The van der Waals surface area contributed by atoms with Gasteiger partial charge in [-0.1, -0.05) is 24.3 Å². The van der Waals surface area contributed by atoms with E-state index in [0.29, 0.717) is 0 Å². The van der Waals surface area contributed by atoms with Gasteiger partial charge in [-0.05, 0) is 35.7 Å². The number of imidazole rings is 1. The average molecular weight is 281 g/mol. The number of halogens is 1. The van der Waals surface area contributed by atoms with Crippen LogP contribution in [0.25, 0.3) is 11.0 Å². The summed E-state index contributed by atoms with van der Waals surface area (Å²) in [6.45, 7) is 2.74. The molecule has 1 N–H and O–H groups in total. The standard InChI is InChI=1S/C17H16FN3/c18-14-5-6-15-16(9-14)20-17(19-15)11-21-8-7-12-3-1-2-4-13(12)10-21/h1-6,9H,7-8,10-11H2,(H,19,20). The third-order valence-corrected chi connectivity index (χ3v) is 4.08. The van der Waals surface area contributed by atoms with Gasteiger partial charge < -0.3 is 4.98 Å². The van der Waals surface area contributed by atoms with Crippen LogP contribution in [0, 0.1) is 5.82 Å². The molecule has 3 aromatic rings. The van der Waals surface area contributed by atoms with Crippen molar-refractivity contribution in [2.45, 2.75) is 19.5 Å². The highest BCUT2D eigenvalue weighted by Gasteiger charge is 2.17. The van der Waals surface area contributed by atoms with Gasteiger partial charge in [0.15, 0.2) is 0 Å². The van der Waals surface area contributed by atoms with Crippen molar-refractivity contribution < 1.29 is 4.39 Å². The van der Waals surface area contributed by atoms with Gasteiger partial charge in [-0.25, -0.2) is 9.37 Å². The summed E-state index contributed by atoms with van der Waals surface area (Å²) in [4.78, 5) is 10.1. The smallest absolute Gasteiger partial charge is 0.125 e. The van der Waals surface area contributed by atoms with Crippen molar-refractivity contribution in [3.8, 4) is 0 Å². The molecule has 0 fully saturated rings. The lowest BCUT2D eigenvalue weighted by Gasteiger charge is -2.27. The Morgan fingerprint density at radius 2 is 2.00 bits per heavy atom. The second-order valence-corrected chi connectivity index (χ2v) is 5.57. The SMILES string of the molecule is Fc1ccc2nc(CN3CCc4ccccc4C3)[nH]c2c1. The maximum Gasteiger partial charge on any atom is 0.125 e. The van der Waals surface area contributed by atoms with Crippen LogP contribution in [-0.2, 0) is 19.5 Å². The number of nitrogens with one attached hydrogen (secondary N) is 1. The molecule has 1 aliphatic rings. The van der Waals surface area contributed by atoms with Crippen LogP contribution in [0.5, 0.6) is 0 Å². The van der Waals surface area contributed by atoms with E-state index < -0.39 is 0 Å². The van der Waals surface area contributed by atoms with Crippen molar-refractivity contribution in [1.82, 2.24) is 14.9 Å². The van der Waals surface area contributed by atoms with Gasteiger partial charge >= 0.3 is 0 Å². The molecule has 21 heavy (non-hydrogen) atoms. The average Bonchev–Trinajstić information content (AvgIpc) is 2.88. The fourth-order valence-corrected chi connectivity index (χ4v) is 3.01. The highest BCUT2D eigenvalue weighted by molar-refractivity contribution is 5.74. The molecular weight excluding hydrogens is 265 g/mol. The first-order valence-electron chi connectivity index (χ1n) is 7.21. The molecule has 1 aromatic heterocycles. The molecule has 1 aliphatic heterocycles. The Kier molecular flexibility index (Phi) is 2.97. The van der Waals surface area contributed by atoms with E-state index >= 15 is 0 Å². The zero-order chi connectivity index (χ0) is 14.2. The van der Waals surface area contributed by atoms with Gasteiger partial charge in [-0.2, -0.15) is 0 Å². The van der Waals surface area contributed by atoms with E-state index in [2.05, 4.69) is 39.1 Å². The van der Waals surface area contributed by atoms with Crippen LogP contribution in [0.4, 0.5) is 4.39 Å². The monoisotopic (exact) mass is 281 g/mol. The summed E-state index contributed by atoms with van der Waals surface area (Å²) in [5.74, 6) is 0.666. The van der Waals surface area contributed by atoms with Gasteiger partial charge in [0.1, 0.15) is 11.6 Å². The van der Waals surface area contributed by atoms with Gasteiger partial charge in [-0.3, -0.25) is 4.90 Å². The Morgan fingerprint density at radius 1 is 1.14 bits per heavy atom. The van der Waals surface area contributed by atoms with Crippen LogP contribution in [0.1, 0.15) is 17.0 Å². The predicted octanol–water partition coefficient (Wildman–Crippen LogP) is 3.26. The molecule has 0 atom stereocenters. The van der Waals surface area contributed by atoms with E-state index in [4.69, 9.17) is 0 Å². The van der Waals surface area contributed by atoms with Crippen molar-refractivity contribution in [2.24, 2.45) is 0 Å². The quantitative estimate of drug-likeness (QED) is 0.782. The Labute approximate surface area is 122 Å². The summed E-state index contributed by atoms with van der Waals surface area (Å²) in [5, 5.41) is 0. The largest absolute Gasteiger partial charge is 0.341 e. The maximum absolute atomic E-state index is 13.2. The number of hydrogen-bond acceptors (Lipinski definition) is 2. The molecule has 0 aliphatic carbocycles. The number of rotatable bonds is 2. The van der Waals surface area contributed by atoms with Crippen molar-refractivity contribution in [3.05, 3.63) is 65.2 Å². The fraction of sp³-hybridized carbons (Fsp3) is 0.235. The van der Waals surface area contributed by atoms with Gasteiger partial charge in [0.25, 0.3) is 0 Å². The zero-order valence-electron chi connectivity index (χ0n) is 11.6. The maximum atomic E-state index is 13.2. The number of hydrogen-bond donors (Lipinski definition) is 1. The lowest BCUT2D eigenvalue weighted by Crippen LogP contribution is -2.30. The first kappa shape index (κ1) is 12.5. The number of aromatic amines is 1. The lowest BCUT2D eigenvalue weighted by molar-refractivity contribution is 0.240. The Balaban J connectivity index is 1.55. The van der Waals surface area contributed by atoms with E-state index in [1.54, 1.807) is 6.07 Å². The molecule has 0 bridgehead atoms. The van der Waals surface area contributed by atoms with Crippen LogP contribution < -0.4 is 0 Å². The summed E-state index contributed by atoms with van der Waals surface area (Å²) >= 11 is 0. The number of aromatic nitrogens is 2. The second kappa shape index (κ2) is 4.97. The number of nitrogens with zero attached hydrogens (tertiary/aromatic N) is 2. The van der Waals surface area contributed by atoms with Crippen molar-refractivity contribution in [2.75, 3.05) is 6.54 Å². The molecule has 0 spiro atoms. The van der Waals surface area contributed by atoms with Gasteiger partial charge in [0, 0.05) is 13.1 Å². The lowest BCUT2D eigenvalue weighted by atomic mass is 10.00. The van der Waals surface area contributed by atoms with Gasteiger partial charge in [-0.15, -0.1) is 0 Å². The third kappa shape index (κ3) is 2.43. The van der Waals surface area contributed by atoms with Crippen LogP contribution >= 0.6 is 0 Å². The zero-order valence-corrected chi connectivity index (χ0v) is 11.6. The highest BCUT2D eigenvalue weighted by Crippen LogP contribution is 2.20. The molecule has 106 valence electrons. The normalized spacial score (nSPS) is 15.3. The van der Waals surface area contributed by atoms with E-state index in [1.807, 2.05) is 0 Å². The molecule has 2 aromatic carbocycles. The minimum absolute atomic E-state index is 0.232. The summed E-state index contributed by atoms with van der Waals surface area (Å²) in [6.07, 6.45) is 1.07. The number of fused-ring (bicyclic) bond motifs is 2. The van der Waals surface area contributed by atoms with Crippen molar-refractivity contribution >= 4 is 11.0 Å². The van der Waals surface area contributed by atoms with Crippen molar-refractivity contribution in [3.63, 3.8) is 0 Å². The molecule has 2 heterocycles. The third-order valence-electron chi connectivity index (χ3n) is 4.08. The molecular formula is C17H16FN3. The molecule has 0 amide bonds. The van der Waals surface area contributed by atoms with Crippen LogP contribution in [0.2, 0.25) is 0 Å². The van der Waals surface area contributed by atoms with Crippen LogP contribution in [-0.4, -0.2) is 21.4 Å². The summed E-state index contributed by atoms with van der Waals surface area (Å²) < 4.78 is 13.2. The minimum atomic E-state index is -0.232. The summed E-state index contributed by atoms with van der Waals surface area (Å²) in [5.41, 5.74) is 4.43. The summed E-state index contributed by atoms with van der Waals surface area (Å²) in [6, 6.07) is 13.2. The molecule has 3 nitrogen and oxygen atoms in total. The van der Waals surface area contributed by atoms with Crippen molar-refractivity contribution in [1.29, 1.82) is 0 Å². The molecule has 0 saturated heterocycles. The van der Waals surface area contributed by atoms with Crippen LogP contribution in [0.15, 0.2) is 42.5 Å². The molecule has 4 rings (SSSR count). The fourth-order valence-electron chi connectivity index (χ4n) is 3.01. The summed E-state index contributed by atoms with van der Waals surface area (Å²) in [7, 11) is 0. The first-order valence-corrected chi connectivity index (χ1v) is 7.21.